The van der Waals surface area contributed by atoms with E-state index in [1.54, 1.807) is 13.3 Å². The number of benzene rings is 3. The minimum atomic E-state index is 0.402. The van der Waals surface area contributed by atoms with Crippen LogP contribution in [-0.4, -0.2) is 18.3 Å². The van der Waals surface area contributed by atoms with Crippen LogP contribution in [0.4, 0.5) is 5.13 Å². The summed E-state index contributed by atoms with van der Waals surface area (Å²) in [5.41, 5.74) is 6.84. The van der Waals surface area contributed by atoms with Gasteiger partial charge in [-0.15, -0.1) is 11.3 Å². The van der Waals surface area contributed by atoms with Gasteiger partial charge in [-0.3, -0.25) is 5.43 Å². The Morgan fingerprint density at radius 1 is 1.03 bits per heavy atom. The zero-order valence-corrected chi connectivity index (χ0v) is 18.4. The number of thiazole rings is 1. The number of halogens is 1. The first-order valence-corrected chi connectivity index (χ1v) is 10.8. The summed E-state index contributed by atoms with van der Waals surface area (Å²) in [6.45, 7) is 0.402. The largest absolute Gasteiger partial charge is 0.493 e. The minimum Gasteiger partial charge on any atom is -0.493 e. The van der Waals surface area contributed by atoms with Gasteiger partial charge in [0.2, 0.25) is 5.13 Å². The molecule has 0 unspecified atom stereocenters. The molecule has 0 spiro atoms. The van der Waals surface area contributed by atoms with Crippen molar-refractivity contribution in [2.45, 2.75) is 6.61 Å². The Kier molecular flexibility index (Phi) is 6.82. The highest BCUT2D eigenvalue weighted by atomic mass is 35.5. The van der Waals surface area contributed by atoms with Crippen molar-refractivity contribution in [1.29, 1.82) is 0 Å². The van der Waals surface area contributed by atoms with Gasteiger partial charge in [0.1, 0.15) is 6.61 Å². The van der Waals surface area contributed by atoms with Crippen LogP contribution < -0.4 is 14.9 Å². The van der Waals surface area contributed by atoms with E-state index >= 15 is 0 Å². The monoisotopic (exact) mass is 449 g/mol. The number of hydrogen-bond acceptors (Lipinski definition) is 6. The maximum atomic E-state index is 6.03. The molecule has 0 atom stereocenters. The summed E-state index contributed by atoms with van der Waals surface area (Å²) in [6.07, 6.45) is 1.72. The topological polar surface area (TPSA) is 55.7 Å². The van der Waals surface area contributed by atoms with Crippen LogP contribution in [0.1, 0.15) is 11.1 Å². The third kappa shape index (κ3) is 5.63. The van der Waals surface area contributed by atoms with Crippen LogP contribution in [-0.2, 0) is 6.61 Å². The maximum absolute atomic E-state index is 6.03. The van der Waals surface area contributed by atoms with E-state index in [4.69, 9.17) is 21.1 Å². The molecule has 1 aromatic heterocycles. The smallest absolute Gasteiger partial charge is 0.203 e. The number of anilines is 1. The van der Waals surface area contributed by atoms with Gasteiger partial charge in [0.25, 0.3) is 0 Å². The van der Waals surface area contributed by atoms with Crippen LogP contribution >= 0.6 is 22.9 Å². The lowest BCUT2D eigenvalue weighted by molar-refractivity contribution is 0.284. The van der Waals surface area contributed by atoms with Crippen molar-refractivity contribution in [3.8, 4) is 22.8 Å². The van der Waals surface area contributed by atoms with Crippen LogP contribution in [0.2, 0.25) is 5.02 Å². The molecule has 0 radical (unpaired) electrons. The summed E-state index contributed by atoms with van der Waals surface area (Å²) in [7, 11) is 1.61. The first-order chi connectivity index (χ1) is 15.2. The summed E-state index contributed by atoms with van der Waals surface area (Å²) >= 11 is 7.53. The molecule has 4 aromatic rings. The van der Waals surface area contributed by atoms with Gasteiger partial charge >= 0.3 is 0 Å². The lowest BCUT2D eigenvalue weighted by atomic mass is 10.2. The van der Waals surface area contributed by atoms with Crippen LogP contribution in [0, 0.1) is 0 Å². The van der Waals surface area contributed by atoms with Gasteiger partial charge in [-0.1, -0.05) is 54.1 Å². The Morgan fingerprint density at radius 2 is 1.90 bits per heavy atom. The second-order valence-corrected chi connectivity index (χ2v) is 7.90. The lowest BCUT2D eigenvalue weighted by Crippen LogP contribution is -1.98. The highest BCUT2D eigenvalue weighted by Crippen LogP contribution is 2.29. The highest BCUT2D eigenvalue weighted by Gasteiger charge is 2.07. The van der Waals surface area contributed by atoms with E-state index in [0.717, 1.165) is 27.5 Å². The molecule has 0 aliphatic heterocycles. The molecular weight excluding hydrogens is 430 g/mol. The molecule has 0 fully saturated rings. The molecule has 31 heavy (non-hydrogen) atoms. The van der Waals surface area contributed by atoms with Gasteiger partial charge < -0.3 is 9.47 Å². The molecular formula is C24H20ClN3O2S. The van der Waals surface area contributed by atoms with Crippen molar-refractivity contribution < 1.29 is 9.47 Å². The Balaban J connectivity index is 1.38. The molecule has 0 aliphatic carbocycles. The molecule has 0 bridgehead atoms. The molecule has 3 aromatic carbocycles. The molecule has 0 saturated carbocycles. The summed E-state index contributed by atoms with van der Waals surface area (Å²) < 4.78 is 11.4. The summed E-state index contributed by atoms with van der Waals surface area (Å²) in [6, 6.07) is 23.3. The summed E-state index contributed by atoms with van der Waals surface area (Å²) in [5.74, 6) is 1.28. The number of rotatable bonds is 8. The number of ether oxygens (including phenoxy) is 2. The van der Waals surface area contributed by atoms with Crippen LogP contribution in [0.3, 0.4) is 0 Å². The van der Waals surface area contributed by atoms with E-state index in [-0.39, 0.29) is 0 Å². The number of aromatic nitrogens is 1. The molecule has 0 saturated heterocycles. The van der Waals surface area contributed by atoms with Gasteiger partial charge in [0.15, 0.2) is 11.5 Å². The van der Waals surface area contributed by atoms with Crippen molar-refractivity contribution >= 4 is 34.3 Å². The number of hydrogen-bond donors (Lipinski definition) is 1. The van der Waals surface area contributed by atoms with Gasteiger partial charge in [-0.2, -0.15) is 5.10 Å². The van der Waals surface area contributed by atoms with Crippen molar-refractivity contribution in [3.63, 3.8) is 0 Å². The molecule has 0 amide bonds. The number of methoxy groups -OCH3 is 1. The Hall–Kier alpha value is -3.35. The lowest BCUT2D eigenvalue weighted by Gasteiger charge is -2.11. The molecule has 0 aliphatic rings. The predicted molar refractivity (Wildman–Crippen MR) is 128 cm³/mol. The third-order valence-corrected chi connectivity index (χ3v) is 5.40. The Labute approximate surface area is 190 Å². The second kappa shape index (κ2) is 10.1. The zero-order chi connectivity index (χ0) is 21.5. The van der Waals surface area contributed by atoms with Crippen LogP contribution in [0.15, 0.2) is 83.3 Å². The van der Waals surface area contributed by atoms with Crippen LogP contribution in [0.5, 0.6) is 11.5 Å². The van der Waals surface area contributed by atoms with Gasteiger partial charge in [0, 0.05) is 16.0 Å². The fourth-order valence-corrected chi connectivity index (χ4v) is 3.78. The molecule has 5 nitrogen and oxygen atoms in total. The van der Waals surface area contributed by atoms with E-state index in [0.29, 0.717) is 23.1 Å². The van der Waals surface area contributed by atoms with Crippen LogP contribution in [0.25, 0.3) is 11.3 Å². The quantitative estimate of drug-likeness (QED) is 0.246. The van der Waals surface area contributed by atoms with E-state index in [2.05, 4.69) is 15.5 Å². The standard InChI is InChI=1S/C24H20ClN3O2S/c1-29-23-13-17(10-11-22(23)30-15-18-6-5-9-20(25)12-18)14-26-28-24-27-21(16-31-24)19-7-3-2-4-8-19/h2-14,16H,15H2,1H3,(H,27,28). The first kappa shape index (κ1) is 20.9. The highest BCUT2D eigenvalue weighted by molar-refractivity contribution is 7.14. The number of nitrogens with zero attached hydrogens (tertiary/aromatic N) is 2. The van der Waals surface area contributed by atoms with E-state index in [1.807, 2.05) is 78.2 Å². The number of nitrogens with one attached hydrogen (secondary N) is 1. The zero-order valence-electron chi connectivity index (χ0n) is 16.8. The molecule has 7 heteroatoms. The van der Waals surface area contributed by atoms with Crippen molar-refractivity contribution in [2.24, 2.45) is 5.10 Å². The predicted octanol–water partition coefficient (Wildman–Crippen LogP) is 6.50. The summed E-state index contributed by atoms with van der Waals surface area (Å²) in [4.78, 5) is 4.56. The van der Waals surface area contributed by atoms with Gasteiger partial charge in [-0.05, 0) is 41.5 Å². The molecule has 1 heterocycles. The fourth-order valence-electron chi connectivity index (χ4n) is 2.90. The molecule has 1 N–H and O–H groups in total. The van der Waals surface area contributed by atoms with Crippen molar-refractivity contribution in [1.82, 2.24) is 4.98 Å². The Bertz CT molecular complexity index is 1180. The van der Waals surface area contributed by atoms with E-state index < -0.39 is 0 Å². The average molecular weight is 450 g/mol. The van der Waals surface area contributed by atoms with E-state index in [1.165, 1.54) is 11.3 Å². The van der Waals surface area contributed by atoms with Gasteiger partial charge in [-0.25, -0.2) is 4.98 Å². The van der Waals surface area contributed by atoms with Gasteiger partial charge in [0.05, 0.1) is 19.0 Å². The fraction of sp³-hybridized carbons (Fsp3) is 0.0833. The molecule has 4 rings (SSSR count). The van der Waals surface area contributed by atoms with Crippen molar-refractivity contribution in [3.05, 3.63) is 94.3 Å². The first-order valence-electron chi connectivity index (χ1n) is 9.56. The molecule has 156 valence electrons. The summed E-state index contributed by atoms with van der Waals surface area (Å²) in [5, 5.41) is 7.70. The van der Waals surface area contributed by atoms with E-state index in [9.17, 15) is 0 Å². The number of hydrazone groups is 1. The third-order valence-electron chi connectivity index (χ3n) is 4.42. The SMILES string of the molecule is COc1cc(C=NNc2nc(-c3ccccc3)cs2)ccc1OCc1cccc(Cl)c1. The Morgan fingerprint density at radius 3 is 2.71 bits per heavy atom. The minimum absolute atomic E-state index is 0.402. The average Bonchev–Trinajstić information content (AvgIpc) is 3.28. The normalized spacial score (nSPS) is 10.9. The second-order valence-electron chi connectivity index (χ2n) is 6.60. The maximum Gasteiger partial charge on any atom is 0.203 e. The van der Waals surface area contributed by atoms with Crippen molar-refractivity contribution in [2.75, 3.05) is 12.5 Å².